The van der Waals surface area contributed by atoms with Gasteiger partial charge in [0.25, 0.3) is 0 Å². The average Bonchev–Trinajstić information content (AvgIpc) is 3.03. The highest BCUT2D eigenvalue weighted by molar-refractivity contribution is 6.42. The largest absolute Gasteiger partial charge is 0.488 e. The molecule has 0 radical (unpaired) electrons. The number of rotatable bonds is 4. The van der Waals surface area contributed by atoms with Crippen molar-refractivity contribution in [1.82, 2.24) is 0 Å². The van der Waals surface area contributed by atoms with Gasteiger partial charge in [-0.05, 0) is 60.5 Å². The molecule has 3 aromatic carbocycles. The molecule has 0 saturated heterocycles. The first-order chi connectivity index (χ1) is 14.3. The summed E-state index contributed by atoms with van der Waals surface area (Å²) in [5.74, 6) is 1.07. The monoisotopic (exact) mass is 478 g/mol. The van der Waals surface area contributed by atoms with Gasteiger partial charge < -0.3 is 9.47 Å². The van der Waals surface area contributed by atoms with E-state index in [1.165, 1.54) is 0 Å². The molecule has 3 nitrogen and oxygen atoms in total. The molecule has 0 amide bonds. The van der Waals surface area contributed by atoms with Gasteiger partial charge >= 0.3 is 0 Å². The molecular formula is C23H14Cl4O3. The quantitative estimate of drug-likeness (QED) is 0.358. The highest BCUT2D eigenvalue weighted by Gasteiger charge is 2.30. The molecule has 1 aliphatic heterocycles. The summed E-state index contributed by atoms with van der Waals surface area (Å²) < 4.78 is 11.8. The van der Waals surface area contributed by atoms with Crippen molar-refractivity contribution in [3.05, 3.63) is 96.6 Å². The maximum atomic E-state index is 12.8. The lowest BCUT2D eigenvalue weighted by atomic mass is 10.1. The second kappa shape index (κ2) is 8.52. The van der Waals surface area contributed by atoms with Gasteiger partial charge in [0.05, 0.1) is 15.6 Å². The summed E-state index contributed by atoms with van der Waals surface area (Å²) in [6.45, 7) is 2.14. The second-order valence-electron chi connectivity index (χ2n) is 6.71. The van der Waals surface area contributed by atoms with Gasteiger partial charge in [-0.15, -0.1) is 0 Å². The van der Waals surface area contributed by atoms with Crippen LogP contribution in [0.2, 0.25) is 20.1 Å². The number of ether oxygens (including phenoxy) is 2. The summed E-state index contributed by atoms with van der Waals surface area (Å²) in [7, 11) is 0. The number of hydrogen-bond acceptors (Lipinski definition) is 3. The molecular weight excluding hydrogens is 466 g/mol. The number of fused-ring (bicyclic) bond motifs is 1. The zero-order chi connectivity index (χ0) is 21.4. The Morgan fingerprint density at radius 3 is 2.47 bits per heavy atom. The van der Waals surface area contributed by atoms with Crippen molar-refractivity contribution < 1.29 is 14.3 Å². The van der Waals surface area contributed by atoms with Gasteiger partial charge in [0.2, 0.25) is 5.78 Å². The number of Topliss-reactive ketones (excluding diaryl/α,β-unsaturated/α-hetero) is 1. The van der Waals surface area contributed by atoms with E-state index in [1.54, 1.807) is 48.5 Å². The zero-order valence-electron chi connectivity index (χ0n) is 15.6. The van der Waals surface area contributed by atoms with E-state index >= 15 is 0 Å². The number of allylic oxidation sites excluding steroid dienone is 1. The molecule has 152 valence electrons. The smallest absolute Gasteiger partial charge is 0.231 e. The molecule has 1 heterocycles. The van der Waals surface area contributed by atoms with Crippen LogP contribution in [0.3, 0.4) is 0 Å². The predicted molar refractivity (Wildman–Crippen MR) is 121 cm³/mol. The molecule has 0 atom stereocenters. The van der Waals surface area contributed by atoms with Crippen molar-refractivity contribution in [1.29, 1.82) is 0 Å². The van der Waals surface area contributed by atoms with Crippen LogP contribution in [0.25, 0.3) is 6.08 Å². The van der Waals surface area contributed by atoms with E-state index in [2.05, 4.69) is 0 Å². The lowest BCUT2D eigenvalue weighted by Gasteiger charge is -2.12. The molecule has 0 bridgehead atoms. The Hall–Kier alpha value is -2.17. The van der Waals surface area contributed by atoms with E-state index in [0.29, 0.717) is 49.3 Å². The highest BCUT2D eigenvalue weighted by Crippen LogP contribution is 2.40. The minimum absolute atomic E-state index is 0.193. The topological polar surface area (TPSA) is 35.5 Å². The fourth-order valence-electron chi connectivity index (χ4n) is 3.07. The van der Waals surface area contributed by atoms with Crippen LogP contribution in [-0.4, -0.2) is 5.78 Å². The molecule has 4 rings (SSSR count). The van der Waals surface area contributed by atoms with Crippen LogP contribution in [0.1, 0.15) is 27.0 Å². The Morgan fingerprint density at radius 2 is 1.73 bits per heavy atom. The minimum atomic E-state index is -0.213. The van der Waals surface area contributed by atoms with Crippen molar-refractivity contribution in [2.45, 2.75) is 13.5 Å². The molecule has 0 spiro atoms. The summed E-state index contributed by atoms with van der Waals surface area (Å²) >= 11 is 24.1. The Bertz CT molecular complexity index is 1200. The van der Waals surface area contributed by atoms with Crippen molar-refractivity contribution in [2.75, 3.05) is 0 Å². The molecule has 0 aromatic heterocycles. The molecule has 0 saturated carbocycles. The third kappa shape index (κ3) is 4.17. The van der Waals surface area contributed by atoms with Crippen molar-refractivity contribution in [3.8, 4) is 11.5 Å². The number of carbonyl (C=O) groups is 1. The summed E-state index contributed by atoms with van der Waals surface area (Å²) in [5, 5.41) is 1.91. The maximum Gasteiger partial charge on any atom is 0.231 e. The molecule has 0 unspecified atom stereocenters. The lowest BCUT2D eigenvalue weighted by molar-refractivity contribution is 0.101. The fraction of sp³-hybridized carbons (Fsp3) is 0.0870. The number of ketones is 1. The first kappa shape index (κ1) is 21.1. The Labute approximate surface area is 193 Å². The van der Waals surface area contributed by atoms with Gasteiger partial charge in [0, 0.05) is 15.6 Å². The number of benzene rings is 3. The molecule has 30 heavy (non-hydrogen) atoms. The third-order valence-corrected chi connectivity index (χ3v) is 5.97. The molecule has 0 fully saturated rings. The Morgan fingerprint density at radius 1 is 0.933 bits per heavy atom. The number of halogens is 4. The van der Waals surface area contributed by atoms with Gasteiger partial charge in [-0.1, -0.05) is 58.5 Å². The Kier molecular flexibility index (Phi) is 5.99. The number of carbonyl (C=O) groups excluding carboxylic acids is 1. The predicted octanol–water partition coefficient (Wildman–Crippen LogP) is 7.80. The van der Waals surface area contributed by atoms with E-state index in [-0.39, 0.29) is 11.5 Å². The standard InChI is InChI=1S/C23H14Cl4O3/c1-12-20(29-11-13-2-6-17(25)19(27)8-13)7-5-16-22(28)21(30-23(12)16)9-14-3-4-15(24)10-18(14)26/h2-10H,11H2,1H3/b21-9-. The van der Waals surface area contributed by atoms with Crippen LogP contribution in [0.5, 0.6) is 11.5 Å². The summed E-state index contributed by atoms with van der Waals surface area (Å²) in [6.07, 6.45) is 1.61. The Balaban J connectivity index is 1.58. The highest BCUT2D eigenvalue weighted by atomic mass is 35.5. The van der Waals surface area contributed by atoms with Crippen molar-refractivity contribution in [3.63, 3.8) is 0 Å². The molecule has 0 N–H and O–H groups in total. The van der Waals surface area contributed by atoms with Gasteiger partial charge in [0.15, 0.2) is 5.76 Å². The van der Waals surface area contributed by atoms with Crippen LogP contribution in [0.15, 0.2) is 54.3 Å². The molecule has 0 aliphatic carbocycles. The molecule has 7 heteroatoms. The molecule has 3 aromatic rings. The fourth-order valence-corrected chi connectivity index (χ4v) is 3.86. The van der Waals surface area contributed by atoms with E-state index in [1.807, 2.05) is 13.0 Å². The van der Waals surface area contributed by atoms with E-state index in [9.17, 15) is 4.79 Å². The number of hydrogen-bond donors (Lipinski definition) is 0. The van der Waals surface area contributed by atoms with E-state index in [4.69, 9.17) is 55.9 Å². The van der Waals surface area contributed by atoms with Gasteiger partial charge in [0.1, 0.15) is 18.1 Å². The maximum absolute atomic E-state index is 12.8. The van der Waals surface area contributed by atoms with Crippen LogP contribution in [0.4, 0.5) is 0 Å². The molecule has 1 aliphatic rings. The van der Waals surface area contributed by atoms with Crippen LogP contribution in [0, 0.1) is 6.92 Å². The van der Waals surface area contributed by atoms with E-state index < -0.39 is 0 Å². The summed E-state index contributed by atoms with van der Waals surface area (Å²) in [6, 6.07) is 13.8. The van der Waals surface area contributed by atoms with E-state index in [0.717, 1.165) is 11.1 Å². The van der Waals surface area contributed by atoms with Gasteiger partial charge in [-0.25, -0.2) is 0 Å². The van der Waals surface area contributed by atoms with Crippen LogP contribution in [-0.2, 0) is 6.61 Å². The van der Waals surface area contributed by atoms with Crippen molar-refractivity contribution in [2.24, 2.45) is 0 Å². The summed E-state index contributed by atoms with van der Waals surface area (Å²) in [4.78, 5) is 12.8. The normalized spacial score (nSPS) is 14.0. The minimum Gasteiger partial charge on any atom is -0.488 e. The second-order valence-corrected chi connectivity index (χ2v) is 8.37. The van der Waals surface area contributed by atoms with Crippen molar-refractivity contribution >= 4 is 58.3 Å². The first-order valence-electron chi connectivity index (χ1n) is 8.93. The summed E-state index contributed by atoms with van der Waals surface area (Å²) in [5.41, 5.74) is 2.72. The first-order valence-corrected chi connectivity index (χ1v) is 10.4. The van der Waals surface area contributed by atoms with Gasteiger partial charge in [-0.3, -0.25) is 4.79 Å². The van der Waals surface area contributed by atoms with Crippen LogP contribution >= 0.6 is 46.4 Å². The van der Waals surface area contributed by atoms with Crippen LogP contribution < -0.4 is 9.47 Å². The SMILES string of the molecule is Cc1c(OCc2ccc(Cl)c(Cl)c2)ccc2c1O/C(=C\c1ccc(Cl)cc1Cl)C2=O. The average molecular weight is 480 g/mol. The van der Waals surface area contributed by atoms with Gasteiger partial charge in [-0.2, -0.15) is 0 Å². The lowest BCUT2D eigenvalue weighted by Crippen LogP contribution is -1.98. The third-order valence-electron chi connectivity index (χ3n) is 4.66. The zero-order valence-corrected chi connectivity index (χ0v) is 18.7.